The first kappa shape index (κ1) is 16.2. The molecule has 1 aromatic carbocycles. The monoisotopic (exact) mass is 370 g/mol. The number of aryl methyl sites for hydroxylation is 1. The van der Waals surface area contributed by atoms with Gasteiger partial charge < -0.3 is 16.6 Å². The molecule has 0 saturated carbocycles. The maximum absolute atomic E-state index is 12.1. The summed E-state index contributed by atoms with van der Waals surface area (Å²) >= 11 is 6.28. The fourth-order valence-electron chi connectivity index (χ4n) is 3.35. The first-order chi connectivity index (χ1) is 12.3. The van der Waals surface area contributed by atoms with E-state index in [1.165, 1.54) is 10.8 Å². The molecule has 0 aliphatic heterocycles. The highest BCUT2D eigenvalue weighted by Gasteiger charge is 2.26. The third-order valence-electron chi connectivity index (χ3n) is 4.53. The largest absolute Gasteiger partial charge is 0.508 e. The van der Waals surface area contributed by atoms with Crippen LogP contribution >= 0.6 is 11.6 Å². The Hall–Kier alpha value is -3.26. The molecule has 0 saturated heterocycles. The van der Waals surface area contributed by atoms with E-state index in [-0.39, 0.29) is 17.1 Å². The Balaban J connectivity index is 2.31. The number of fused-ring (bicyclic) bond motifs is 3. The van der Waals surface area contributed by atoms with Crippen molar-refractivity contribution in [2.45, 2.75) is 13.8 Å². The normalized spacial score (nSPS) is 11.5. The van der Waals surface area contributed by atoms with Gasteiger partial charge in [0, 0.05) is 10.9 Å². The molecule has 0 atom stereocenters. The molecular formula is C17H15ClN6O2. The molecule has 0 unspecified atom stereocenters. The third kappa shape index (κ3) is 1.99. The number of hydrogen-bond acceptors (Lipinski definition) is 5. The fraction of sp³-hybridized carbons (Fsp3) is 0.118. The molecule has 1 amide bonds. The highest BCUT2D eigenvalue weighted by Crippen LogP contribution is 2.37. The zero-order valence-corrected chi connectivity index (χ0v) is 14.7. The van der Waals surface area contributed by atoms with E-state index in [4.69, 9.17) is 23.1 Å². The molecule has 8 nitrogen and oxygen atoms in total. The molecule has 5 N–H and O–H groups in total. The quantitative estimate of drug-likeness (QED) is 0.499. The van der Waals surface area contributed by atoms with Gasteiger partial charge in [0.2, 0.25) is 0 Å². The maximum atomic E-state index is 12.1. The summed E-state index contributed by atoms with van der Waals surface area (Å²) in [6.07, 6.45) is 1.36. The number of nitrogen functional groups attached to an aromatic ring is 1. The highest BCUT2D eigenvalue weighted by atomic mass is 35.5. The van der Waals surface area contributed by atoms with Crippen molar-refractivity contribution in [3.63, 3.8) is 0 Å². The molecule has 132 valence electrons. The molecule has 0 fully saturated rings. The van der Waals surface area contributed by atoms with Crippen LogP contribution in [0.5, 0.6) is 5.75 Å². The Morgan fingerprint density at radius 2 is 2.04 bits per heavy atom. The highest BCUT2D eigenvalue weighted by molar-refractivity contribution is 6.34. The number of phenolic OH excluding ortho intramolecular Hbond substituents is 1. The number of nitrogens with zero attached hydrogens (tertiary/aromatic N) is 4. The van der Waals surface area contributed by atoms with Crippen LogP contribution in [0.2, 0.25) is 5.02 Å². The Labute approximate surface area is 152 Å². The molecule has 0 aliphatic rings. The van der Waals surface area contributed by atoms with E-state index in [1.54, 1.807) is 29.7 Å². The molecule has 4 rings (SSSR count). The molecule has 4 aromatic rings. The number of carbonyl (C=O) groups excluding carboxylic acids is 1. The first-order valence-electron chi connectivity index (χ1n) is 7.74. The van der Waals surface area contributed by atoms with E-state index < -0.39 is 5.91 Å². The lowest BCUT2D eigenvalue weighted by molar-refractivity contribution is 0.100. The molecule has 3 aromatic heterocycles. The molecule has 0 spiro atoms. The average Bonchev–Trinajstić information content (AvgIpc) is 3.15. The molecule has 3 heterocycles. The van der Waals surface area contributed by atoms with E-state index in [0.717, 1.165) is 5.56 Å². The molecular weight excluding hydrogens is 356 g/mol. The third-order valence-corrected chi connectivity index (χ3v) is 4.80. The number of halogens is 1. The van der Waals surface area contributed by atoms with E-state index in [2.05, 4.69) is 10.1 Å². The number of carbonyl (C=O) groups is 1. The second kappa shape index (κ2) is 5.37. The minimum atomic E-state index is -0.683. The number of pyridine rings is 1. The van der Waals surface area contributed by atoms with E-state index in [9.17, 15) is 9.90 Å². The number of hydrogen-bond donors (Lipinski definition) is 3. The number of aromatic hydroxyl groups is 1. The van der Waals surface area contributed by atoms with Crippen molar-refractivity contribution >= 4 is 40.0 Å². The zero-order chi connectivity index (χ0) is 18.7. The van der Waals surface area contributed by atoms with Gasteiger partial charge in [-0.25, -0.2) is 4.98 Å². The van der Waals surface area contributed by atoms with Crippen molar-refractivity contribution < 1.29 is 9.90 Å². The number of nitrogens with two attached hydrogens (primary N) is 2. The van der Waals surface area contributed by atoms with Gasteiger partial charge >= 0.3 is 0 Å². The summed E-state index contributed by atoms with van der Waals surface area (Å²) in [5.74, 6) is -0.433. The van der Waals surface area contributed by atoms with Gasteiger partial charge in [-0.1, -0.05) is 17.7 Å². The predicted molar refractivity (Wildman–Crippen MR) is 98.9 cm³/mol. The molecule has 0 radical (unpaired) electrons. The fourth-order valence-corrected chi connectivity index (χ4v) is 3.58. The van der Waals surface area contributed by atoms with Gasteiger partial charge in [-0.3, -0.25) is 9.36 Å². The summed E-state index contributed by atoms with van der Waals surface area (Å²) in [7, 11) is 0. The SMILES string of the molecule is Cc1ccc(O)c(C)c1-n1c(N)c(C(N)=O)c2cc(Cl)c3ncnn3c21. The predicted octanol–water partition coefficient (Wildman–Crippen LogP) is 2.33. The van der Waals surface area contributed by atoms with Gasteiger partial charge in [0.15, 0.2) is 11.3 Å². The van der Waals surface area contributed by atoms with Crippen LogP contribution in [0, 0.1) is 13.8 Å². The van der Waals surface area contributed by atoms with E-state index in [1.807, 2.05) is 6.92 Å². The van der Waals surface area contributed by atoms with Gasteiger partial charge in [-0.2, -0.15) is 9.61 Å². The summed E-state index contributed by atoms with van der Waals surface area (Å²) in [6.45, 7) is 3.65. The van der Waals surface area contributed by atoms with Gasteiger partial charge in [0.05, 0.1) is 16.3 Å². The van der Waals surface area contributed by atoms with Crippen molar-refractivity contribution in [2.24, 2.45) is 5.73 Å². The number of amides is 1. The summed E-state index contributed by atoms with van der Waals surface area (Å²) in [5.41, 5.74) is 15.0. The summed E-state index contributed by atoms with van der Waals surface area (Å²) < 4.78 is 3.15. The number of anilines is 1. The van der Waals surface area contributed by atoms with Crippen molar-refractivity contribution in [3.05, 3.63) is 46.2 Å². The van der Waals surface area contributed by atoms with E-state index >= 15 is 0 Å². The van der Waals surface area contributed by atoms with Gasteiger partial charge in [0.1, 0.15) is 17.9 Å². The van der Waals surface area contributed by atoms with Crippen molar-refractivity contribution in [3.8, 4) is 11.4 Å². The van der Waals surface area contributed by atoms with Crippen LogP contribution in [0.15, 0.2) is 24.5 Å². The molecule has 0 bridgehead atoms. The van der Waals surface area contributed by atoms with Crippen LogP contribution in [0.4, 0.5) is 5.82 Å². The van der Waals surface area contributed by atoms with Crippen LogP contribution in [-0.2, 0) is 0 Å². The van der Waals surface area contributed by atoms with Gasteiger partial charge in [-0.05, 0) is 31.5 Å². The number of primary amides is 1. The second-order valence-corrected chi connectivity index (χ2v) is 6.47. The van der Waals surface area contributed by atoms with Crippen LogP contribution in [0.25, 0.3) is 22.4 Å². The molecule has 9 heteroatoms. The number of aromatic nitrogens is 4. The Bertz CT molecular complexity index is 1220. The topological polar surface area (TPSA) is 124 Å². The second-order valence-electron chi connectivity index (χ2n) is 6.06. The van der Waals surface area contributed by atoms with Crippen molar-refractivity contribution in [1.82, 2.24) is 19.2 Å². The molecule has 26 heavy (non-hydrogen) atoms. The van der Waals surface area contributed by atoms with Gasteiger partial charge in [-0.15, -0.1) is 0 Å². The zero-order valence-electron chi connectivity index (χ0n) is 14.0. The standard InChI is InChI=1S/C17H15ClN6O2/c1-7-3-4-11(25)8(2)13(7)23-14(19)12(15(20)26)9-5-10(18)16-21-6-22-24(16)17(9)23/h3-6,25H,19H2,1-2H3,(H2,20,26). The summed E-state index contributed by atoms with van der Waals surface area (Å²) in [4.78, 5) is 16.2. The Morgan fingerprint density at radius 3 is 2.73 bits per heavy atom. The van der Waals surface area contributed by atoms with Crippen molar-refractivity contribution in [2.75, 3.05) is 5.73 Å². The minimum absolute atomic E-state index is 0.108. The Kier molecular flexibility index (Phi) is 3.35. The first-order valence-corrected chi connectivity index (χ1v) is 8.12. The maximum Gasteiger partial charge on any atom is 0.253 e. The van der Waals surface area contributed by atoms with Gasteiger partial charge in [0.25, 0.3) is 5.91 Å². The lowest BCUT2D eigenvalue weighted by Crippen LogP contribution is -2.14. The van der Waals surface area contributed by atoms with Crippen LogP contribution in [0.3, 0.4) is 0 Å². The smallest absolute Gasteiger partial charge is 0.253 e. The van der Waals surface area contributed by atoms with Crippen LogP contribution in [0.1, 0.15) is 21.5 Å². The Morgan fingerprint density at radius 1 is 1.31 bits per heavy atom. The number of rotatable bonds is 2. The minimum Gasteiger partial charge on any atom is -0.508 e. The van der Waals surface area contributed by atoms with Crippen molar-refractivity contribution in [1.29, 1.82) is 0 Å². The number of phenols is 1. The molecule has 0 aliphatic carbocycles. The average molecular weight is 371 g/mol. The van der Waals surface area contributed by atoms with E-state index in [0.29, 0.717) is 33.0 Å². The summed E-state index contributed by atoms with van der Waals surface area (Å²) in [5, 5.41) is 15.2. The summed E-state index contributed by atoms with van der Waals surface area (Å²) in [6, 6.07) is 4.97. The lowest BCUT2D eigenvalue weighted by Gasteiger charge is -2.16. The lowest BCUT2D eigenvalue weighted by atomic mass is 10.1. The van der Waals surface area contributed by atoms with Crippen LogP contribution < -0.4 is 11.5 Å². The van der Waals surface area contributed by atoms with Crippen LogP contribution in [-0.4, -0.2) is 30.2 Å². The number of benzene rings is 1.